The highest BCUT2D eigenvalue weighted by Gasteiger charge is 2.28. The minimum absolute atomic E-state index is 0.0742. The molecular weight excluding hydrogens is 317 g/mol. The SMILES string of the molecule is O=C1CS[C@@H](c2cn[nH]c2-c2ccc(F)cc2)c2cn[nH]c2N1. The summed E-state index contributed by atoms with van der Waals surface area (Å²) in [6.07, 6.45) is 3.45. The van der Waals surface area contributed by atoms with Crippen LogP contribution in [0.25, 0.3) is 11.3 Å². The van der Waals surface area contributed by atoms with Crippen molar-refractivity contribution in [1.29, 1.82) is 0 Å². The zero-order valence-electron chi connectivity index (χ0n) is 11.8. The van der Waals surface area contributed by atoms with E-state index in [4.69, 9.17) is 0 Å². The average molecular weight is 329 g/mol. The van der Waals surface area contributed by atoms with Crippen molar-refractivity contribution in [2.45, 2.75) is 5.25 Å². The molecule has 23 heavy (non-hydrogen) atoms. The Morgan fingerprint density at radius 2 is 1.83 bits per heavy atom. The highest BCUT2D eigenvalue weighted by atomic mass is 32.2. The summed E-state index contributed by atoms with van der Waals surface area (Å²) in [5, 5.41) is 16.6. The number of fused-ring (bicyclic) bond motifs is 1. The molecule has 116 valence electrons. The number of nitrogens with zero attached hydrogens (tertiary/aromatic N) is 2. The molecule has 0 saturated carbocycles. The van der Waals surface area contributed by atoms with E-state index >= 15 is 0 Å². The molecule has 0 saturated heterocycles. The lowest BCUT2D eigenvalue weighted by Gasteiger charge is -2.13. The van der Waals surface area contributed by atoms with Crippen LogP contribution in [0.1, 0.15) is 16.4 Å². The molecule has 0 unspecified atom stereocenters. The second-order valence-electron chi connectivity index (χ2n) is 5.15. The fraction of sp³-hybridized carbons (Fsp3) is 0.133. The van der Waals surface area contributed by atoms with Crippen LogP contribution in [0.4, 0.5) is 10.2 Å². The van der Waals surface area contributed by atoms with Gasteiger partial charge in [0.1, 0.15) is 11.6 Å². The maximum atomic E-state index is 13.1. The smallest absolute Gasteiger partial charge is 0.235 e. The first-order valence-corrected chi connectivity index (χ1v) is 8.01. The maximum Gasteiger partial charge on any atom is 0.235 e. The van der Waals surface area contributed by atoms with Crippen molar-refractivity contribution in [2.24, 2.45) is 0 Å². The first-order chi connectivity index (χ1) is 11.2. The minimum atomic E-state index is -0.287. The summed E-state index contributed by atoms with van der Waals surface area (Å²) < 4.78 is 13.1. The summed E-state index contributed by atoms with van der Waals surface area (Å²) in [7, 11) is 0. The van der Waals surface area contributed by atoms with Crippen LogP contribution >= 0.6 is 11.8 Å². The van der Waals surface area contributed by atoms with Gasteiger partial charge in [-0.1, -0.05) is 0 Å². The van der Waals surface area contributed by atoms with E-state index in [1.807, 2.05) is 0 Å². The lowest BCUT2D eigenvalue weighted by Crippen LogP contribution is -2.12. The number of benzene rings is 1. The number of anilines is 1. The van der Waals surface area contributed by atoms with Crippen LogP contribution in [0.3, 0.4) is 0 Å². The van der Waals surface area contributed by atoms with Crippen molar-refractivity contribution in [2.75, 3.05) is 11.1 Å². The van der Waals surface area contributed by atoms with Gasteiger partial charge in [0.25, 0.3) is 0 Å². The molecule has 3 aromatic rings. The van der Waals surface area contributed by atoms with Crippen molar-refractivity contribution in [3.8, 4) is 11.3 Å². The van der Waals surface area contributed by atoms with E-state index in [0.717, 1.165) is 22.4 Å². The number of aromatic nitrogens is 4. The molecule has 3 heterocycles. The Labute approximate surface area is 134 Å². The highest BCUT2D eigenvalue weighted by Crippen LogP contribution is 2.43. The lowest BCUT2D eigenvalue weighted by atomic mass is 10.0. The lowest BCUT2D eigenvalue weighted by molar-refractivity contribution is -0.113. The van der Waals surface area contributed by atoms with Crippen molar-refractivity contribution in [1.82, 2.24) is 20.4 Å². The summed E-state index contributed by atoms with van der Waals surface area (Å²) in [6, 6.07) is 6.23. The molecule has 1 aromatic carbocycles. The molecule has 1 atom stereocenters. The van der Waals surface area contributed by atoms with Crippen LogP contribution in [-0.4, -0.2) is 32.1 Å². The van der Waals surface area contributed by atoms with E-state index in [1.165, 1.54) is 23.9 Å². The highest BCUT2D eigenvalue weighted by molar-refractivity contribution is 8.00. The fourth-order valence-electron chi connectivity index (χ4n) is 2.62. The quantitative estimate of drug-likeness (QED) is 0.675. The van der Waals surface area contributed by atoms with E-state index in [-0.39, 0.29) is 17.0 Å². The number of hydrogen-bond donors (Lipinski definition) is 3. The third-order valence-electron chi connectivity index (χ3n) is 3.68. The van der Waals surface area contributed by atoms with E-state index in [9.17, 15) is 9.18 Å². The molecule has 1 aliphatic heterocycles. The van der Waals surface area contributed by atoms with E-state index in [1.54, 1.807) is 24.5 Å². The molecule has 3 N–H and O–H groups in total. The van der Waals surface area contributed by atoms with Gasteiger partial charge < -0.3 is 5.32 Å². The number of carbonyl (C=O) groups is 1. The Hall–Kier alpha value is -2.61. The van der Waals surface area contributed by atoms with Crippen LogP contribution in [0.5, 0.6) is 0 Å². The predicted octanol–water partition coefficient (Wildman–Crippen LogP) is 2.71. The number of rotatable bonds is 2. The zero-order valence-corrected chi connectivity index (χ0v) is 12.7. The van der Waals surface area contributed by atoms with Crippen LogP contribution in [0.15, 0.2) is 36.7 Å². The van der Waals surface area contributed by atoms with Gasteiger partial charge in [-0.05, 0) is 24.3 Å². The maximum absolute atomic E-state index is 13.1. The molecule has 0 fully saturated rings. The minimum Gasteiger partial charge on any atom is -0.310 e. The van der Waals surface area contributed by atoms with Crippen LogP contribution < -0.4 is 5.32 Å². The molecule has 0 aliphatic carbocycles. The summed E-state index contributed by atoms with van der Waals surface area (Å²) >= 11 is 1.50. The fourth-order valence-corrected chi connectivity index (χ4v) is 3.72. The van der Waals surface area contributed by atoms with Crippen LogP contribution in [0, 0.1) is 5.82 Å². The number of H-pyrrole nitrogens is 2. The van der Waals surface area contributed by atoms with E-state index in [2.05, 4.69) is 25.7 Å². The number of nitrogens with one attached hydrogen (secondary N) is 3. The van der Waals surface area contributed by atoms with Gasteiger partial charge in [0.2, 0.25) is 5.91 Å². The van der Waals surface area contributed by atoms with Crippen LogP contribution in [0.2, 0.25) is 0 Å². The van der Waals surface area contributed by atoms with E-state index < -0.39 is 0 Å². The summed E-state index contributed by atoms with van der Waals surface area (Å²) in [6.45, 7) is 0. The van der Waals surface area contributed by atoms with Gasteiger partial charge in [0.05, 0.1) is 29.1 Å². The molecule has 0 radical (unpaired) electrons. The molecule has 4 rings (SSSR count). The van der Waals surface area contributed by atoms with E-state index in [0.29, 0.717) is 11.6 Å². The van der Waals surface area contributed by atoms with Crippen LogP contribution in [-0.2, 0) is 4.79 Å². The molecule has 1 amide bonds. The second kappa shape index (κ2) is 5.54. The molecule has 0 spiro atoms. The Balaban J connectivity index is 1.79. The van der Waals surface area contributed by atoms with Gasteiger partial charge in [-0.25, -0.2) is 4.39 Å². The number of thioether (sulfide) groups is 1. The standard InChI is InChI=1S/C15H12FN5OS/c16-9-3-1-8(2-4-9)13-10(5-17-20-13)14-11-6-18-21-15(11)19-12(22)7-23-14/h1-6,14H,7H2,(H,17,20)(H2,18,19,21,22)/t14-/m0/s1. The van der Waals surface area contributed by atoms with Gasteiger partial charge in [-0.3, -0.25) is 15.0 Å². The first kappa shape index (κ1) is 14.0. The number of halogens is 1. The van der Waals surface area contributed by atoms with Gasteiger partial charge in [-0.15, -0.1) is 11.8 Å². The summed E-state index contributed by atoms with van der Waals surface area (Å²) in [5.41, 5.74) is 3.48. The Morgan fingerprint density at radius 3 is 2.65 bits per heavy atom. The number of aromatic amines is 2. The van der Waals surface area contributed by atoms with Gasteiger partial charge in [0, 0.05) is 16.7 Å². The number of carbonyl (C=O) groups excluding carboxylic acids is 1. The Bertz CT molecular complexity index is 857. The topological polar surface area (TPSA) is 86.5 Å². The van der Waals surface area contributed by atoms with Crippen molar-refractivity contribution in [3.63, 3.8) is 0 Å². The number of amides is 1. The van der Waals surface area contributed by atoms with Crippen molar-refractivity contribution < 1.29 is 9.18 Å². The Morgan fingerprint density at radius 1 is 1.09 bits per heavy atom. The van der Waals surface area contributed by atoms with Crippen molar-refractivity contribution in [3.05, 3.63) is 53.6 Å². The molecule has 6 nitrogen and oxygen atoms in total. The third-order valence-corrected chi connectivity index (χ3v) is 4.95. The largest absolute Gasteiger partial charge is 0.310 e. The predicted molar refractivity (Wildman–Crippen MR) is 85.5 cm³/mol. The molecule has 0 bridgehead atoms. The monoisotopic (exact) mass is 329 g/mol. The Kier molecular flexibility index (Phi) is 3.38. The van der Waals surface area contributed by atoms with Gasteiger partial charge in [0.15, 0.2) is 0 Å². The molecule has 1 aliphatic rings. The normalized spacial score (nSPS) is 17.4. The van der Waals surface area contributed by atoms with Gasteiger partial charge in [-0.2, -0.15) is 10.2 Å². The molecule has 8 heteroatoms. The summed E-state index contributed by atoms with van der Waals surface area (Å²) in [4.78, 5) is 11.8. The number of hydrogen-bond acceptors (Lipinski definition) is 4. The second-order valence-corrected chi connectivity index (χ2v) is 6.24. The van der Waals surface area contributed by atoms with Crippen molar-refractivity contribution >= 4 is 23.5 Å². The first-order valence-electron chi connectivity index (χ1n) is 6.96. The zero-order chi connectivity index (χ0) is 15.8. The third kappa shape index (κ3) is 2.50. The summed E-state index contributed by atoms with van der Waals surface area (Å²) in [5.74, 6) is 0.581. The average Bonchev–Trinajstić information content (AvgIpc) is 3.16. The molecular formula is C15H12FN5OS. The molecule has 2 aromatic heterocycles. The van der Waals surface area contributed by atoms with Gasteiger partial charge >= 0.3 is 0 Å².